The maximum atomic E-state index is 12.7. The van der Waals surface area contributed by atoms with Crippen molar-refractivity contribution in [3.8, 4) is 5.75 Å². The lowest BCUT2D eigenvalue weighted by Crippen LogP contribution is -2.14. The number of aliphatic hydroxyl groups is 1. The average molecular weight is 534 g/mol. The van der Waals surface area contributed by atoms with Crippen molar-refractivity contribution in [2.24, 2.45) is 11.8 Å². The number of hydrogen-bond donors (Lipinski definition) is 2. The van der Waals surface area contributed by atoms with Crippen molar-refractivity contribution in [2.45, 2.75) is 90.1 Å². The summed E-state index contributed by atoms with van der Waals surface area (Å²) in [7, 11) is 1.60. The molecule has 1 fully saturated rings. The summed E-state index contributed by atoms with van der Waals surface area (Å²) in [6.45, 7) is 2.16. The second kappa shape index (κ2) is 14.3. The SMILES string of the molecule is CCCCC[C@@H](O)C=C[C@H]1CCC(=O)[C@@H]1CCCCCCC(=O)Nc1cc2oc3ccccc3c2cc1OC. The maximum Gasteiger partial charge on any atom is 0.224 e. The summed E-state index contributed by atoms with van der Waals surface area (Å²) < 4.78 is 11.5. The Morgan fingerprint density at radius 2 is 1.92 bits per heavy atom. The molecule has 1 aliphatic carbocycles. The first-order valence-corrected chi connectivity index (χ1v) is 14.7. The normalized spacial score (nSPS) is 18.4. The van der Waals surface area contributed by atoms with E-state index in [2.05, 4.69) is 18.3 Å². The molecule has 0 bridgehead atoms. The number of methoxy groups -OCH3 is 1. The smallest absolute Gasteiger partial charge is 0.224 e. The van der Waals surface area contributed by atoms with Crippen LogP contribution in [-0.2, 0) is 9.59 Å². The van der Waals surface area contributed by atoms with Crippen LogP contribution in [0.1, 0.15) is 84.0 Å². The number of carbonyl (C=O) groups is 2. The van der Waals surface area contributed by atoms with Gasteiger partial charge < -0.3 is 19.6 Å². The second-order valence-electron chi connectivity index (χ2n) is 10.9. The van der Waals surface area contributed by atoms with E-state index in [0.29, 0.717) is 35.6 Å². The first-order valence-electron chi connectivity index (χ1n) is 14.7. The second-order valence-corrected chi connectivity index (χ2v) is 10.9. The number of carbonyl (C=O) groups excluding carboxylic acids is 2. The van der Waals surface area contributed by atoms with Crippen LogP contribution < -0.4 is 10.1 Å². The summed E-state index contributed by atoms with van der Waals surface area (Å²) in [4.78, 5) is 25.1. The van der Waals surface area contributed by atoms with Gasteiger partial charge in [-0.3, -0.25) is 9.59 Å². The van der Waals surface area contributed by atoms with Gasteiger partial charge in [0.2, 0.25) is 5.91 Å². The van der Waals surface area contributed by atoms with Crippen LogP contribution in [0.4, 0.5) is 5.69 Å². The predicted octanol–water partition coefficient (Wildman–Crippen LogP) is 7.97. The van der Waals surface area contributed by atoms with Crippen LogP contribution in [0.15, 0.2) is 53.0 Å². The molecule has 0 unspecified atom stereocenters. The van der Waals surface area contributed by atoms with Gasteiger partial charge in [0.15, 0.2) is 0 Å². The van der Waals surface area contributed by atoms with Gasteiger partial charge in [0, 0.05) is 35.6 Å². The number of nitrogens with one attached hydrogen (secondary N) is 1. The van der Waals surface area contributed by atoms with Gasteiger partial charge in [0.25, 0.3) is 0 Å². The number of rotatable bonds is 15. The van der Waals surface area contributed by atoms with Gasteiger partial charge in [0.1, 0.15) is 22.7 Å². The van der Waals surface area contributed by atoms with Crippen LogP contribution in [-0.4, -0.2) is 30.0 Å². The molecule has 2 aromatic carbocycles. The summed E-state index contributed by atoms with van der Waals surface area (Å²) in [5.74, 6) is 1.26. The predicted molar refractivity (Wildman–Crippen MR) is 157 cm³/mol. The number of aliphatic hydroxyl groups excluding tert-OH is 1. The number of benzene rings is 2. The fraction of sp³-hybridized carbons (Fsp3) is 0.515. The molecule has 0 saturated heterocycles. The third kappa shape index (κ3) is 7.72. The minimum atomic E-state index is -0.403. The van der Waals surface area contributed by atoms with Crippen LogP contribution in [0.5, 0.6) is 5.75 Å². The summed E-state index contributed by atoms with van der Waals surface area (Å²) in [6, 6.07) is 11.6. The quantitative estimate of drug-likeness (QED) is 0.153. The number of ketones is 1. The number of amides is 1. The van der Waals surface area contributed by atoms with Crippen LogP contribution >= 0.6 is 0 Å². The van der Waals surface area contributed by atoms with E-state index in [1.807, 2.05) is 42.5 Å². The van der Waals surface area contributed by atoms with E-state index in [-0.39, 0.29) is 17.7 Å². The number of para-hydroxylation sites is 1. The van der Waals surface area contributed by atoms with E-state index >= 15 is 0 Å². The zero-order valence-corrected chi connectivity index (χ0v) is 23.4. The number of hydrogen-bond acceptors (Lipinski definition) is 5. The molecule has 1 saturated carbocycles. The number of fused-ring (bicyclic) bond motifs is 3. The van der Waals surface area contributed by atoms with Gasteiger partial charge >= 0.3 is 0 Å². The van der Waals surface area contributed by atoms with Gasteiger partial charge in [-0.2, -0.15) is 0 Å². The summed E-state index contributed by atoms with van der Waals surface area (Å²) in [5.41, 5.74) is 2.14. The standard InChI is InChI=1S/C33H43NO5/c1-3-4-7-12-24(35)19-17-23-18-20-29(36)25(23)13-8-5-6-9-16-33(37)34-28-22-31-27(21-32(28)38-2)26-14-10-11-15-30(26)39-31/h10-11,14-15,17,19,21-25,35H,3-9,12-13,16,18,20H2,1-2H3,(H,34,37)/t23-,24+,25+/m0/s1. The summed E-state index contributed by atoms with van der Waals surface area (Å²) in [5, 5.41) is 15.2. The maximum absolute atomic E-state index is 12.7. The number of ether oxygens (including phenoxy) is 1. The molecule has 3 aromatic rings. The highest BCUT2D eigenvalue weighted by Gasteiger charge is 2.32. The van der Waals surface area contributed by atoms with Crippen LogP contribution in [0.2, 0.25) is 0 Å². The molecule has 6 nitrogen and oxygen atoms in total. The summed E-state index contributed by atoms with van der Waals surface area (Å²) in [6.07, 6.45) is 14.3. The fourth-order valence-corrected chi connectivity index (χ4v) is 5.74. The Labute approximate surface area is 231 Å². The number of furan rings is 1. The largest absolute Gasteiger partial charge is 0.495 e. The molecule has 39 heavy (non-hydrogen) atoms. The number of allylic oxidation sites excluding steroid dienone is 1. The van der Waals surface area contributed by atoms with Crippen LogP contribution in [0.3, 0.4) is 0 Å². The molecule has 0 spiro atoms. The van der Waals surface area contributed by atoms with E-state index in [1.54, 1.807) is 7.11 Å². The van der Waals surface area contributed by atoms with Crippen LogP contribution in [0.25, 0.3) is 21.9 Å². The highest BCUT2D eigenvalue weighted by atomic mass is 16.5. The molecule has 2 N–H and O–H groups in total. The summed E-state index contributed by atoms with van der Waals surface area (Å²) >= 11 is 0. The third-order valence-corrected chi connectivity index (χ3v) is 7.98. The van der Waals surface area contributed by atoms with Gasteiger partial charge in [-0.15, -0.1) is 0 Å². The Morgan fingerprint density at radius 1 is 1.10 bits per heavy atom. The Balaban J connectivity index is 1.19. The zero-order chi connectivity index (χ0) is 27.6. The Hall–Kier alpha value is -3.12. The molecular formula is C33H43NO5. The lowest BCUT2D eigenvalue weighted by molar-refractivity contribution is -0.121. The first kappa shape index (κ1) is 28.9. The molecule has 1 aliphatic rings. The lowest BCUT2D eigenvalue weighted by atomic mass is 9.89. The van der Waals surface area contributed by atoms with Gasteiger partial charge in [0.05, 0.1) is 18.9 Å². The highest BCUT2D eigenvalue weighted by Crippen LogP contribution is 2.37. The van der Waals surface area contributed by atoms with Crippen molar-refractivity contribution >= 4 is 39.3 Å². The Morgan fingerprint density at radius 3 is 2.74 bits per heavy atom. The first-order chi connectivity index (χ1) is 19.0. The van der Waals surface area contributed by atoms with Crippen molar-refractivity contribution in [3.63, 3.8) is 0 Å². The molecule has 4 rings (SSSR count). The Kier molecular flexibility index (Phi) is 10.6. The van der Waals surface area contributed by atoms with E-state index in [4.69, 9.17) is 9.15 Å². The molecular weight excluding hydrogens is 490 g/mol. The number of unbranched alkanes of at least 4 members (excludes halogenated alkanes) is 5. The molecule has 3 atom stereocenters. The molecule has 1 amide bonds. The monoisotopic (exact) mass is 533 g/mol. The van der Waals surface area contributed by atoms with E-state index in [0.717, 1.165) is 80.6 Å². The topological polar surface area (TPSA) is 88.8 Å². The van der Waals surface area contributed by atoms with Crippen molar-refractivity contribution in [2.75, 3.05) is 12.4 Å². The highest BCUT2D eigenvalue weighted by molar-refractivity contribution is 6.07. The molecule has 0 aliphatic heterocycles. The Bertz CT molecular complexity index is 1280. The van der Waals surface area contributed by atoms with Gasteiger partial charge in [-0.1, -0.05) is 75.8 Å². The number of anilines is 1. The molecule has 6 heteroatoms. The minimum absolute atomic E-state index is 0.0440. The third-order valence-electron chi connectivity index (χ3n) is 7.98. The van der Waals surface area contributed by atoms with Crippen molar-refractivity contribution in [3.05, 3.63) is 48.6 Å². The van der Waals surface area contributed by atoms with Crippen molar-refractivity contribution < 1.29 is 23.8 Å². The van der Waals surface area contributed by atoms with Gasteiger partial charge in [-0.25, -0.2) is 0 Å². The van der Waals surface area contributed by atoms with E-state index in [1.165, 1.54) is 0 Å². The van der Waals surface area contributed by atoms with Crippen molar-refractivity contribution in [1.29, 1.82) is 0 Å². The fourth-order valence-electron chi connectivity index (χ4n) is 5.74. The van der Waals surface area contributed by atoms with E-state index in [9.17, 15) is 14.7 Å². The van der Waals surface area contributed by atoms with E-state index < -0.39 is 6.10 Å². The molecule has 210 valence electrons. The van der Waals surface area contributed by atoms with Gasteiger partial charge in [-0.05, 0) is 43.7 Å². The number of Topliss-reactive ketones (excluding diaryl/α,β-unsaturated/α-hetero) is 1. The molecule has 1 aromatic heterocycles. The minimum Gasteiger partial charge on any atom is -0.495 e. The zero-order valence-electron chi connectivity index (χ0n) is 23.4. The molecule has 1 heterocycles. The average Bonchev–Trinajstić information content (AvgIpc) is 3.48. The van der Waals surface area contributed by atoms with Crippen LogP contribution in [0, 0.1) is 11.8 Å². The lowest BCUT2D eigenvalue weighted by Gasteiger charge is -2.15. The van der Waals surface area contributed by atoms with Crippen molar-refractivity contribution in [1.82, 2.24) is 0 Å². The molecule has 0 radical (unpaired) electrons.